The first kappa shape index (κ1) is 9.93. The van der Waals surface area contributed by atoms with Gasteiger partial charge in [0.05, 0.1) is 12.1 Å². The maximum atomic E-state index is 9.38. The summed E-state index contributed by atoms with van der Waals surface area (Å²) in [5.41, 5.74) is 0.345. The summed E-state index contributed by atoms with van der Waals surface area (Å²) in [5.74, 6) is 0. The van der Waals surface area contributed by atoms with Crippen LogP contribution in [0.5, 0.6) is 0 Å². The van der Waals surface area contributed by atoms with Crippen molar-refractivity contribution in [3.8, 4) is 0 Å². The third-order valence-corrected chi connectivity index (χ3v) is 1.52. The Morgan fingerprint density at radius 2 is 1.92 bits per heavy atom. The Hall–Kier alpha value is -1.15. The van der Waals surface area contributed by atoms with E-state index in [0.717, 1.165) is 5.56 Å². The topological polar surface area (TPSA) is 32.6 Å². The normalized spacial score (nSPS) is 12.2. The molecular formula is C11H15NO. The van der Waals surface area contributed by atoms with Gasteiger partial charge >= 0.3 is 0 Å². The van der Waals surface area contributed by atoms with Crippen LogP contribution in [0.4, 0.5) is 0 Å². The predicted octanol–water partition coefficient (Wildman–Crippen LogP) is 1.88. The lowest BCUT2D eigenvalue weighted by Gasteiger charge is -2.12. The fraction of sp³-hybridized carbons (Fsp3) is 0.364. The first-order valence-electron chi connectivity index (χ1n) is 4.35. The van der Waals surface area contributed by atoms with Crippen molar-refractivity contribution in [3.63, 3.8) is 0 Å². The van der Waals surface area contributed by atoms with Crippen LogP contribution in [-0.2, 0) is 0 Å². The number of aliphatic imine (C=N–C) groups is 1. The second-order valence-corrected chi connectivity index (χ2v) is 3.69. The van der Waals surface area contributed by atoms with Crippen LogP contribution < -0.4 is 0 Å². The molecular weight excluding hydrogens is 162 g/mol. The van der Waals surface area contributed by atoms with E-state index in [1.54, 1.807) is 20.1 Å². The predicted molar refractivity (Wildman–Crippen MR) is 55.2 cm³/mol. The van der Waals surface area contributed by atoms with Crippen molar-refractivity contribution in [2.24, 2.45) is 4.99 Å². The Kier molecular flexibility index (Phi) is 3.20. The fourth-order valence-corrected chi connectivity index (χ4v) is 0.914. The summed E-state index contributed by atoms with van der Waals surface area (Å²) in [6, 6.07) is 9.85. The molecule has 0 bridgehead atoms. The molecule has 0 saturated heterocycles. The lowest BCUT2D eigenvalue weighted by Crippen LogP contribution is -2.22. The number of nitrogens with zero attached hydrogens (tertiary/aromatic N) is 1. The molecule has 2 nitrogen and oxygen atoms in total. The van der Waals surface area contributed by atoms with Crippen LogP contribution in [0, 0.1) is 0 Å². The van der Waals surface area contributed by atoms with Crippen molar-refractivity contribution >= 4 is 6.21 Å². The van der Waals surface area contributed by atoms with Gasteiger partial charge < -0.3 is 5.11 Å². The highest BCUT2D eigenvalue weighted by atomic mass is 16.3. The highest BCUT2D eigenvalue weighted by Gasteiger charge is 2.09. The van der Waals surface area contributed by atoms with Crippen LogP contribution in [0.1, 0.15) is 19.4 Å². The lowest BCUT2D eigenvalue weighted by atomic mass is 10.1. The minimum absolute atomic E-state index is 0.432. The zero-order valence-corrected chi connectivity index (χ0v) is 8.07. The molecule has 0 saturated carbocycles. The fourth-order valence-electron chi connectivity index (χ4n) is 0.914. The number of benzene rings is 1. The van der Waals surface area contributed by atoms with Gasteiger partial charge in [-0.25, -0.2) is 0 Å². The molecule has 1 N–H and O–H groups in total. The number of rotatable bonds is 3. The van der Waals surface area contributed by atoms with E-state index < -0.39 is 5.60 Å². The minimum atomic E-state index is -0.717. The van der Waals surface area contributed by atoms with E-state index in [1.807, 2.05) is 30.3 Å². The first-order chi connectivity index (χ1) is 6.08. The minimum Gasteiger partial charge on any atom is -0.389 e. The molecule has 13 heavy (non-hydrogen) atoms. The van der Waals surface area contributed by atoms with Crippen LogP contribution in [0.3, 0.4) is 0 Å². The average Bonchev–Trinajstić information content (AvgIpc) is 2.04. The Morgan fingerprint density at radius 1 is 1.31 bits per heavy atom. The van der Waals surface area contributed by atoms with Crippen LogP contribution in [-0.4, -0.2) is 23.5 Å². The molecule has 0 spiro atoms. The van der Waals surface area contributed by atoms with Crippen LogP contribution in [0.25, 0.3) is 0 Å². The van der Waals surface area contributed by atoms with Gasteiger partial charge in [-0.3, -0.25) is 4.99 Å². The zero-order chi connectivity index (χ0) is 9.73. The van der Waals surface area contributed by atoms with Crippen molar-refractivity contribution < 1.29 is 5.11 Å². The molecule has 0 amide bonds. The Bertz CT molecular complexity index is 272. The molecule has 70 valence electrons. The molecule has 0 aliphatic carbocycles. The van der Waals surface area contributed by atoms with E-state index in [-0.39, 0.29) is 0 Å². The summed E-state index contributed by atoms with van der Waals surface area (Å²) in [5, 5.41) is 9.38. The second-order valence-electron chi connectivity index (χ2n) is 3.69. The third-order valence-electron chi connectivity index (χ3n) is 1.52. The molecule has 0 heterocycles. The maximum absolute atomic E-state index is 9.38. The molecule has 1 aromatic rings. The first-order valence-corrected chi connectivity index (χ1v) is 4.35. The van der Waals surface area contributed by atoms with Crippen LogP contribution in [0.2, 0.25) is 0 Å². The second kappa shape index (κ2) is 4.19. The van der Waals surface area contributed by atoms with Gasteiger partial charge in [0.2, 0.25) is 0 Å². The van der Waals surface area contributed by atoms with Gasteiger partial charge in [-0.05, 0) is 19.4 Å². The van der Waals surface area contributed by atoms with Gasteiger partial charge in [0.25, 0.3) is 0 Å². The van der Waals surface area contributed by atoms with Gasteiger partial charge in [-0.2, -0.15) is 0 Å². The summed E-state index contributed by atoms with van der Waals surface area (Å²) in [7, 11) is 0. The Morgan fingerprint density at radius 3 is 2.46 bits per heavy atom. The number of aliphatic hydroxyl groups is 1. The van der Waals surface area contributed by atoms with Crippen molar-refractivity contribution in [1.29, 1.82) is 0 Å². The summed E-state index contributed by atoms with van der Waals surface area (Å²) >= 11 is 0. The summed E-state index contributed by atoms with van der Waals surface area (Å²) in [4.78, 5) is 4.14. The molecule has 0 radical (unpaired) electrons. The highest BCUT2D eigenvalue weighted by molar-refractivity contribution is 5.79. The number of hydrogen-bond donors (Lipinski definition) is 1. The van der Waals surface area contributed by atoms with E-state index in [4.69, 9.17) is 0 Å². The van der Waals surface area contributed by atoms with E-state index in [2.05, 4.69) is 4.99 Å². The standard InChI is InChI=1S/C11H15NO/c1-11(2,13)9-12-8-10-6-4-3-5-7-10/h3-8,13H,9H2,1-2H3. The van der Waals surface area contributed by atoms with Crippen molar-refractivity contribution in [2.45, 2.75) is 19.4 Å². The summed E-state index contributed by atoms with van der Waals surface area (Å²) in [6.45, 7) is 3.92. The molecule has 0 aromatic heterocycles. The molecule has 1 rings (SSSR count). The van der Waals surface area contributed by atoms with E-state index in [0.29, 0.717) is 6.54 Å². The quantitative estimate of drug-likeness (QED) is 0.702. The van der Waals surface area contributed by atoms with Crippen molar-refractivity contribution in [3.05, 3.63) is 35.9 Å². The highest BCUT2D eigenvalue weighted by Crippen LogP contribution is 2.01. The van der Waals surface area contributed by atoms with Crippen molar-refractivity contribution in [2.75, 3.05) is 6.54 Å². The molecule has 0 unspecified atom stereocenters. The van der Waals surface area contributed by atoms with E-state index >= 15 is 0 Å². The van der Waals surface area contributed by atoms with Gasteiger partial charge in [-0.1, -0.05) is 30.3 Å². The Labute approximate surface area is 78.9 Å². The van der Waals surface area contributed by atoms with Crippen LogP contribution in [0.15, 0.2) is 35.3 Å². The van der Waals surface area contributed by atoms with Gasteiger partial charge in [0.1, 0.15) is 0 Å². The summed E-state index contributed by atoms with van der Waals surface area (Å²) in [6.07, 6.45) is 1.78. The largest absolute Gasteiger partial charge is 0.389 e. The van der Waals surface area contributed by atoms with Gasteiger partial charge in [0, 0.05) is 6.21 Å². The molecule has 0 fully saturated rings. The summed E-state index contributed by atoms with van der Waals surface area (Å²) < 4.78 is 0. The van der Waals surface area contributed by atoms with Gasteiger partial charge in [-0.15, -0.1) is 0 Å². The average molecular weight is 177 g/mol. The molecule has 0 atom stereocenters. The van der Waals surface area contributed by atoms with E-state index in [1.165, 1.54) is 0 Å². The monoisotopic (exact) mass is 177 g/mol. The zero-order valence-electron chi connectivity index (χ0n) is 8.07. The van der Waals surface area contributed by atoms with Crippen LogP contribution >= 0.6 is 0 Å². The molecule has 0 aliphatic rings. The van der Waals surface area contributed by atoms with E-state index in [9.17, 15) is 5.11 Å². The third kappa shape index (κ3) is 4.43. The smallest absolute Gasteiger partial charge is 0.0786 e. The SMILES string of the molecule is CC(C)(O)CN=Cc1ccccc1. The number of hydrogen-bond acceptors (Lipinski definition) is 2. The Balaban J connectivity index is 2.51. The molecule has 0 aliphatic heterocycles. The van der Waals surface area contributed by atoms with Gasteiger partial charge in [0.15, 0.2) is 0 Å². The van der Waals surface area contributed by atoms with Crippen molar-refractivity contribution in [1.82, 2.24) is 0 Å². The molecule has 2 heteroatoms. The molecule has 1 aromatic carbocycles. The maximum Gasteiger partial charge on any atom is 0.0786 e. The lowest BCUT2D eigenvalue weighted by molar-refractivity contribution is 0.0906.